The van der Waals surface area contributed by atoms with Crippen LogP contribution in [-0.4, -0.2) is 45.7 Å². The zero-order chi connectivity index (χ0) is 26.4. The van der Waals surface area contributed by atoms with Crippen molar-refractivity contribution in [3.8, 4) is 17.1 Å². The fraction of sp³-hybridized carbons (Fsp3) is 0.462. The van der Waals surface area contributed by atoms with Crippen LogP contribution < -0.4 is 4.74 Å². The lowest BCUT2D eigenvalue weighted by molar-refractivity contribution is -0.274. The van der Waals surface area contributed by atoms with Crippen LogP contribution in [0.1, 0.15) is 36.2 Å². The van der Waals surface area contributed by atoms with Gasteiger partial charge >= 0.3 is 12.5 Å². The molecule has 12 heteroatoms. The van der Waals surface area contributed by atoms with Gasteiger partial charge in [0.2, 0.25) is 0 Å². The molecule has 2 atom stereocenters. The first-order valence-electron chi connectivity index (χ1n) is 12.1. The van der Waals surface area contributed by atoms with Crippen molar-refractivity contribution in [2.75, 3.05) is 19.6 Å². The molecular weight excluding hydrogens is 534 g/mol. The molecule has 0 unspecified atom stereocenters. The Balaban J connectivity index is 0.00000336. The first-order chi connectivity index (χ1) is 17.4. The van der Waals surface area contributed by atoms with Crippen molar-refractivity contribution >= 4 is 12.4 Å². The fourth-order valence-corrected chi connectivity index (χ4v) is 5.45. The second-order valence-corrected chi connectivity index (χ2v) is 9.90. The predicted molar refractivity (Wildman–Crippen MR) is 131 cm³/mol. The van der Waals surface area contributed by atoms with Crippen molar-refractivity contribution in [2.24, 2.45) is 13.0 Å². The first-order valence-corrected chi connectivity index (χ1v) is 12.1. The number of rotatable bonds is 8. The number of fused-ring (bicyclic) bond motifs is 1. The highest BCUT2D eigenvalue weighted by atomic mass is 35.5. The number of hydrogen-bond donors (Lipinski definition) is 0. The maximum Gasteiger partial charge on any atom is 0.573 e. The Morgan fingerprint density at radius 1 is 0.947 bits per heavy atom. The van der Waals surface area contributed by atoms with Gasteiger partial charge < -0.3 is 14.2 Å². The standard InChI is InChI=1S/C26H26F6N4O.ClH/c1-35-22(33-34-23(35)17-5-11-21(12-6-17)37-26(30,31)32)4-2-3-13-36-15-20-14-24(20,16-36)18-7-9-19(10-8-18)25(27,28)29;/h5-12,20H,2-4,13-16H2,1H3;1H/t20-,24+;/m0./s1. The summed E-state index contributed by atoms with van der Waals surface area (Å²) >= 11 is 0. The van der Waals surface area contributed by atoms with Gasteiger partial charge in [-0.05, 0) is 73.7 Å². The number of benzene rings is 2. The normalized spacial score (nSPS) is 21.2. The van der Waals surface area contributed by atoms with Crippen LogP contribution in [0.4, 0.5) is 26.3 Å². The summed E-state index contributed by atoms with van der Waals surface area (Å²) in [6.45, 7) is 2.73. The Bertz CT molecular complexity index is 1240. The van der Waals surface area contributed by atoms with Crippen molar-refractivity contribution < 1.29 is 31.1 Å². The molecule has 5 nitrogen and oxygen atoms in total. The summed E-state index contributed by atoms with van der Waals surface area (Å²) in [6.07, 6.45) is -5.49. The molecule has 0 radical (unpaired) electrons. The number of piperidine rings is 1. The van der Waals surface area contributed by atoms with Crippen LogP contribution in [0.15, 0.2) is 48.5 Å². The molecule has 0 N–H and O–H groups in total. The lowest BCUT2D eigenvalue weighted by Gasteiger charge is -2.21. The van der Waals surface area contributed by atoms with E-state index in [4.69, 9.17) is 0 Å². The number of aryl methyl sites for hydroxylation is 1. The summed E-state index contributed by atoms with van der Waals surface area (Å²) in [5.41, 5.74) is 1.01. The molecule has 2 aromatic carbocycles. The number of hydrogen-bond acceptors (Lipinski definition) is 4. The summed E-state index contributed by atoms with van der Waals surface area (Å²) < 4.78 is 81.5. The van der Waals surface area contributed by atoms with E-state index in [0.29, 0.717) is 23.7 Å². The Hall–Kier alpha value is -2.79. The third kappa shape index (κ3) is 5.93. The van der Waals surface area contributed by atoms with E-state index in [-0.39, 0.29) is 23.6 Å². The zero-order valence-corrected chi connectivity index (χ0v) is 21.3. The molecule has 2 heterocycles. The molecule has 3 aromatic rings. The minimum absolute atomic E-state index is 0. The summed E-state index contributed by atoms with van der Waals surface area (Å²) in [7, 11) is 1.83. The lowest BCUT2D eigenvalue weighted by atomic mass is 9.94. The molecule has 5 rings (SSSR count). The second-order valence-electron chi connectivity index (χ2n) is 9.90. The van der Waals surface area contributed by atoms with Crippen molar-refractivity contribution in [1.82, 2.24) is 19.7 Å². The summed E-state index contributed by atoms with van der Waals surface area (Å²) in [6, 6.07) is 11.2. The topological polar surface area (TPSA) is 43.2 Å². The molecule has 1 aliphatic carbocycles. The van der Waals surface area contributed by atoms with E-state index in [1.807, 2.05) is 11.6 Å². The molecule has 0 amide bonds. The molecular formula is C26H27ClF6N4O. The van der Waals surface area contributed by atoms with Crippen LogP contribution in [0.5, 0.6) is 5.75 Å². The zero-order valence-electron chi connectivity index (χ0n) is 20.5. The number of likely N-dealkylation sites (tertiary alicyclic amines) is 1. The number of alkyl halides is 6. The lowest BCUT2D eigenvalue weighted by Crippen LogP contribution is -2.27. The van der Waals surface area contributed by atoms with E-state index >= 15 is 0 Å². The highest BCUT2D eigenvalue weighted by Gasteiger charge is 2.60. The SMILES string of the molecule is Cl.Cn1c(CCCCN2C[C@@H]3C[C@]3(c3ccc(C(F)(F)F)cc3)C2)nnc1-c1ccc(OC(F)(F)F)cc1. The smallest absolute Gasteiger partial charge is 0.406 e. The van der Waals surface area contributed by atoms with Gasteiger partial charge in [-0.15, -0.1) is 35.8 Å². The molecule has 1 aromatic heterocycles. The maximum absolute atomic E-state index is 12.9. The Labute approximate surface area is 222 Å². The fourth-order valence-electron chi connectivity index (χ4n) is 5.45. The molecule has 0 bridgehead atoms. The number of halogens is 7. The Morgan fingerprint density at radius 3 is 2.26 bits per heavy atom. The van der Waals surface area contributed by atoms with Crippen LogP contribution in [0, 0.1) is 5.92 Å². The molecule has 1 saturated heterocycles. The van der Waals surface area contributed by atoms with Crippen molar-refractivity contribution in [1.29, 1.82) is 0 Å². The molecule has 1 saturated carbocycles. The Morgan fingerprint density at radius 2 is 1.63 bits per heavy atom. The monoisotopic (exact) mass is 560 g/mol. The minimum atomic E-state index is -4.74. The summed E-state index contributed by atoms with van der Waals surface area (Å²) in [4.78, 5) is 2.39. The average Bonchev–Trinajstić information content (AvgIpc) is 3.20. The summed E-state index contributed by atoms with van der Waals surface area (Å²) in [5, 5.41) is 8.44. The first kappa shape index (κ1) is 28.2. The third-order valence-electron chi connectivity index (χ3n) is 7.44. The van der Waals surface area contributed by atoms with Gasteiger partial charge in [0.25, 0.3) is 0 Å². The largest absolute Gasteiger partial charge is 0.573 e. The van der Waals surface area contributed by atoms with Crippen LogP contribution in [0.25, 0.3) is 11.4 Å². The van der Waals surface area contributed by atoms with E-state index in [2.05, 4.69) is 19.8 Å². The number of ether oxygens (including phenoxy) is 1. The molecule has 1 aliphatic heterocycles. The van der Waals surface area contributed by atoms with Gasteiger partial charge in [0, 0.05) is 37.5 Å². The molecule has 206 valence electrons. The Kier molecular flexibility index (Phi) is 7.73. The van der Waals surface area contributed by atoms with E-state index < -0.39 is 18.1 Å². The number of unbranched alkanes of at least 4 members (excludes halogenated alkanes) is 1. The third-order valence-corrected chi connectivity index (χ3v) is 7.44. The van der Waals surface area contributed by atoms with Gasteiger partial charge in [-0.3, -0.25) is 0 Å². The summed E-state index contributed by atoms with van der Waals surface area (Å²) in [5.74, 6) is 1.56. The molecule has 2 fully saturated rings. The highest BCUT2D eigenvalue weighted by molar-refractivity contribution is 5.85. The minimum Gasteiger partial charge on any atom is -0.406 e. The van der Waals surface area contributed by atoms with E-state index in [9.17, 15) is 26.3 Å². The van der Waals surface area contributed by atoms with E-state index in [1.54, 1.807) is 12.1 Å². The van der Waals surface area contributed by atoms with Gasteiger partial charge in [0.05, 0.1) is 5.56 Å². The van der Waals surface area contributed by atoms with Crippen molar-refractivity contribution in [3.63, 3.8) is 0 Å². The van der Waals surface area contributed by atoms with Gasteiger partial charge in [0.15, 0.2) is 5.82 Å². The molecule has 2 aliphatic rings. The van der Waals surface area contributed by atoms with Crippen LogP contribution in [0.2, 0.25) is 0 Å². The van der Waals surface area contributed by atoms with Crippen LogP contribution >= 0.6 is 12.4 Å². The maximum atomic E-state index is 12.9. The predicted octanol–water partition coefficient (Wildman–Crippen LogP) is 6.42. The van der Waals surface area contributed by atoms with Gasteiger partial charge in [-0.1, -0.05) is 12.1 Å². The molecule has 0 spiro atoms. The van der Waals surface area contributed by atoms with E-state index in [0.717, 1.165) is 50.3 Å². The van der Waals surface area contributed by atoms with Crippen molar-refractivity contribution in [2.45, 2.75) is 43.6 Å². The van der Waals surface area contributed by atoms with Gasteiger partial charge in [-0.25, -0.2) is 0 Å². The average molecular weight is 561 g/mol. The van der Waals surface area contributed by atoms with Crippen LogP contribution in [0.3, 0.4) is 0 Å². The van der Waals surface area contributed by atoms with Crippen molar-refractivity contribution in [3.05, 3.63) is 65.5 Å². The number of aromatic nitrogens is 3. The number of nitrogens with zero attached hydrogens (tertiary/aromatic N) is 4. The van der Waals surface area contributed by atoms with E-state index in [1.165, 1.54) is 36.4 Å². The quantitative estimate of drug-likeness (QED) is 0.236. The highest BCUT2D eigenvalue weighted by Crippen LogP contribution is 2.59. The van der Waals surface area contributed by atoms with Gasteiger partial charge in [-0.2, -0.15) is 13.2 Å². The van der Waals surface area contributed by atoms with Crippen LogP contribution in [-0.2, 0) is 25.1 Å². The van der Waals surface area contributed by atoms with Gasteiger partial charge in [0.1, 0.15) is 11.6 Å². The second kappa shape index (κ2) is 10.4. The molecule has 38 heavy (non-hydrogen) atoms.